The van der Waals surface area contributed by atoms with Gasteiger partial charge in [0, 0.05) is 12.1 Å². The maximum absolute atomic E-state index is 13.1. The molecule has 0 bridgehead atoms. The highest BCUT2D eigenvalue weighted by atomic mass is 79.9. The van der Waals surface area contributed by atoms with Crippen molar-refractivity contribution in [3.63, 3.8) is 0 Å². The molecule has 0 radical (unpaired) electrons. The average Bonchev–Trinajstić information content (AvgIpc) is 2.72. The van der Waals surface area contributed by atoms with E-state index in [-0.39, 0.29) is 11.9 Å². The maximum Gasteiger partial charge on any atom is 0.124 e. The molecule has 1 aromatic heterocycles. The molecule has 3 nitrogen and oxygen atoms in total. The molecule has 1 N–H and O–H groups in total. The largest absolute Gasteiger partial charge is 0.309 e. The number of hydrogen-bond donors (Lipinski definition) is 1. The minimum absolute atomic E-state index is 0.0600. The van der Waals surface area contributed by atoms with Crippen LogP contribution in [0.1, 0.15) is 24.2 Å². The minimum atomic E-state index is -0.319. The third kappa shape index (κ3) is 3.40. The quantitative estimate of drug-likeness (QED) is 0.877. The molecule has 20 heavy (non-hydrogen) atoms. The standard InChI is InChI=1S/C14H16BrClFN3/c1-3-18-13(14-11(15)8-19-20(14)2)6-9-4-5-10(17)7-12(9)16/h4-5,7-8,13,18H,3,6H2,1-2H3. The lowest BCUT2D eigenvalue weighted by Gasteiger charge is -2.19. The van der Waals surface area contributed by atoms with Gasteiger partial charge >= 0.3 is 0 Å². The van der Waals surface area contributed by atoms with Crippen LogP contribution in [0.5, 0.6) is 0 Å². The lowest BCUT2D eigenvalue weighted by molar-refractivity contribution is 0.505. The van der Waals surface area contributed by atoms with Crippen LogP contribution in [0.2, 0.25) is 5.02 Å². The minimum Gasteiger partial charge on any atom is -0.309 e. The second-order valence-corrected chi connectivity index (χ2v) is 5.81. The van der Waals surface area contributed by atoms with Crippen LogP contribution in [0.15, 0.2) is 28.9 Å². The molecule has 2 rings (SSSR count). The predicted molar refractivity (Wildman–Crippen MR) is 82.4 cm³/mol. The fourth-order valence-electron chi connectivity index (χ4n) is 2.23. The fraction of sp³-hybridized carbons (Fsp3) is 0.357. The Labute approximate surface area is 131 Å². The zero-order chi connectivity index (χ0) is 14.7. The highest BCUT2D eigenvalue weighted by Crippen LogP contribution is 2.28. The van der Waals surface area contributed by atoms with Gasteiger partial charge in [-0.2, -0.15) is 5.10 Å². The number of likely N-dealkylation sites (N-methyl/N-ethyl adjacent to an activating group) is 1. The van der Waals surface area contributed by atoms with E-state index in [4.69, 9.17) is 11.6 Å². The van der Waals surface area contributed by atoms with Gasteiger partial charge in [-0.15, -0.1) is 0 Å². The van der Waals surface area contributed by atoms with E-state index in [0.717, 1.165) is 22.3 Å². The highest BCUT2D eigenvalue weighted by Gasteiger charge is 2.19. The Morgan fingerprint density at radius 1 is 1.50 bits per heavy atom. The number of aryl methyl sites for hydroxylation is 1. The van der Waals surface area contributed by atoms with E-state index < -0.39 is 0 Å². The Hall–Kier alpha value is -0.910. The van der Waals surface area contributed by atoms with E-state index in [1.54, 1.807) is 12.3 Å². The monoisotopic (exact) mass is 359 g/mol. The molecule has 108 valence electrons. The predicted octanol–water partition coefficient (Wildman–Crippen LogP) is 3.87. The Morgan fingerprint density at radius 3 is 2.80 bits per heavy atom. The maximum atomic E-state index is 13.1. The van der Waals surface area contributed by atoms with Gasteiger partial charge in [0.2, 0.25) is 0 Å². The third-order valence-corrected chi connectivity index (χ3v) is 4.12. The van der Waals surface area contributed by atoms with E-state index in [9.17, 15) is 4.39 Å². The van der Waals surface area contributed by atoms with E-state index in [2.05, 4.69) is 26.3 Å². The van der Waals surface area contributed by atoms with E-state index in [1.807, 2.05) is 18.7 Å². The van der Waals surface area contributed by atoms with E-state index >= 15 is 0 Å². The van der Waals surface area contributed by atoms with Gasteiger partial charge in [-0.3, -0.25) is 4.68 Å². The van der Waals surface area contributed by atoms with E-state index in [1.165, 1.54) is 12.1 Å². The van der Waals surface area contributed by atoms with Gasteiger partial charge in [-0.25, -0.2) is 4.39 Å². The summed E-state index contributed by atoms with van der Waals surface area (Å²) in [4.78, 5) is 0. The van der Waals surface area contributed by atoms with Gasteiger partial charge < -0.3 is 5.32 Å². The molecule has 0 fully saturated rings. The van der Waals surface area contributed by atoms with Crippen LogP contribution in [0, 0.1) is 5.82 Å². The number of nitrogens with zero attached hydrogens (tertiary/aromatic N) is 2. The molecule has 0 aliphatic carbocycles. The molecule has 6 heteroatoms. The first-order valence-electron chi connectivity index (χ1n) is 6.37. The summed E-state index contributed by atoms with van der Waals surface area (Å²) >= 11 is 9.63. The summed E-state index contributed by atoms with van der Waals surface area (Å²) in [5, 5.41) is 8.10. The zero-order valence-electron chi connectivity index (χ0n) is 11.3. The summed E-state index contributed by atoms with van der Waals surface area (Å²) in [5.41, 5.74) is 1.96. The molecular weight excluding hydrogens is 345 g/mol. The van der Waals surface area contributed by atoms with Crippen molar-refractivity contribution >= 4 is 27.5 Å². The van der Waals surface area contributed by atoms with Crippen molar-refractivity contribution in [3.05, 3.63) is 51.0 Å². The Balaban J connectivity index is 2.30. The fourth-order valence-corrected chi connectivity index (χ4v) is 3.10. The van der Waals surface area contributed by atoms with Crippen molar-refractivity contribution < 1.29 is 4.39 Å². The smallest absolute Gasteiger partial charge is 0.124 e. The first kappa shape index (κ1) is 15.5. The average molecular weight is 361 g/mol. The normalized spacial score (nSPS) is 12.7. The summed E-state index contributed by atoms with van der Waals surface area (Å²) in [7, 11) is 1.90. The summed E-state index contributed by atoms with van der Waals surface area (Å²) in [6, 6.07) is 4.57. The SMILES string of the molecule is CCNC(Cc1ccc(F)cc1Cl)c1c(Br)cnn1C. The van der Waals surface area contributed by atoms with Crippen LogP contribution < -0.4 is 5.32 Å². The molecule has 0 spiro atoms. The number of halogens is 3. The second kappa shape index (κ2) is 6.70. The zero-order valence-corrected chi connectivity index (χ0v) is 13.7. The number of nitrogens with one attached hydrogen (secondary N) is 1. The number of hydrogen-bond acceptors (Lipinski definition) is 2. The van der Waals surface area contributed by atoms with Crippen LogP contribution in [-0.2, 0) is 13.5 Å². The molecule has 0 saturated carbocycles. The number of rotatable bonds is 5. The molecule has 0 aliphatic rings. The second-order valence-electron chi connectivity index (χ2n) is 4.55. The van der Waals surface area contributed by atoms with Crippen molar-refractivity contribution in [2.24, 2.45) is 7.05 Å². The lowest BCUT2D eigenvalue weighted by atomic mass is 10.0. The molecule has 0 saturated heterocycles. The highest BCUT2D eigenvalue weighted by molar-refractivity contribution is 9.10. The van der Waals surface area contributed by atoms with Crippen LogP contribution in [0.3, 0.4) is 0 Å². The molecule has 2 aromatic rings. The van der Waals surface area contributed by atoms with Crippen molar-refractivity contribution in [2.45, 2.75) is 19.4 Å². The van der Waals surface area contributed by atoms with Gasteiger partial charge in [0.1, 0.15) is 5.82 Å². The van der Waals surface area contributed by atoms with Gasteiger partial charge in [0.25, 0.3) is 0 Å². The molecule has 1 aromatic carbocycles. The summed E-state index contributed by atoms with van der Waals surface area (Å²) < 4.78 is 15.9. The van der Waals surface area contributed by atoms with Crippen LogP contribution >= 0.6 is 27.5 Å². The van der Waals surface area contributed by atoms with Gasteiger partial charge in [0.15, 0.2) is 0 Å². The molecule has 1 atom stereocenters. The number of aromatic nitrogens is 2. The molecular formula is C14H16BrClFN3. The Bertz CT molecular complexity index is 581. The molecule has 1 heterocycles. The lowest BCUT2D eigenvalue weighted by Crippen LogP contribution is -2.25. The van der Waals surface area contributed by atoms with Crippen molar-refractivity contribution in [2.75, 3.05) is 6.54 Å². The van der Waals surface area contributed by atoms with Crippen molar-refractivity contribution in [3.8, 4) is 0 Å². The van der Waals surface area contributed by atoms with Crippen LogP contribution in [0.25, 0.3) is 0 Å². The van der Waals surface area contributed by atoms with Gasteiger partial charge in [-0.1, -0.05) is 24.6 Å². The molecule has 1 unspecified atom stereocenters. The third-order valence-electron chi connectivity index (χ3n) is 3.16. The van der Waals surface area contributed by atoms with Gasteiger partial charge in [0.05, 0.1) is 22.4 Å². The van der Waals surface area contributed by atoms with Crippen molar-refractivity contribution in [1.82, 2.24) is 15.1 Å². The summed E-state index contributed by atoms with van der Waals surface area (Å²) in [5.74, 6) is -0.319. The Morgan fingerprint density at radius 2 is 2.25 bits per heavy atom. The van der Waals surface area contributed by atoms with E-state index in [0.29, 0.717) is 11.4 Å². The first-order chi connectivity index (χ1) is 9.52. The van der Waals surface area contributed by atoms with Crippen molar-refractivity contribution in [1.29, 1.82) is 0 Å². The van der Waals surface area contributed by atoms with Crippen LogP contribution in [-0.4, -0.2) is 16.3 Å². The van der Waals surface area contributed by atoms with Crippen LogP contribution in [0.4, 0.5) is 4.39 Å². The topological polar surface area (TPSA) is 29.9 Å². The Kier molecular flexibility index (Phi) is 5.18. The van der Waals surface area contributed by atoms with Gasteiger partial charge in [-0.05, 0) is 46.6 Å². The molecule has 0 amide bonds. The summed E-state index contributed by atoms with van der Waals surface area (Å²) in [6.45, 7) is 2.87. The molecule has 0 aliphatic heterocycles. The number of benzene rings is 1. The summed E-state index contributed by atoms with van der Waals surface area (Å²) in [6.07, 6.45) is 2.44. The first-order valence-corrected chi connectivity index (χ1v) is 7.54.